The van der Waals surface area contributed by atoms with Gasteiger partial charge in [0.2, 0.25) is 0 Å². The molecule has 0 saturated carbocycles. The van der Waals surface area contributed by atoms with E-state index in [9.17, 15) is 0 Å². The molecule has 0 spiro atoms. The number of hydrogen-bond acceptors (Lipinski definition) is 2. The summed E-state index contributed by atoms with van der Waals surface area (Å²) in [6.45, 7) is 7.98. The molecule has 0 radical (unpaired) electrons. The van der Waals surface area contributed by atoms with Crippen LogP contribution in [-0.2, 0) is 4.74 Å². The maximum atomic E-state index is 5.99. The molecule has 1 atom stereocenters. The lowest BCUT2D eigenvalue weighted by Crippen LogP contribution is -2.46. The molecule has 74 valence electrons. The Morgan fingerprint density at radius 3 is 2.50 bits per heavy atom. The summed E-state index contributed by atoms with van der Waals surface area (Å²) in [5, 5.41) is 3.52. The summed E-state index contributed by atoms with van der Waals surface area (Å²) < 4.78 is 4.94. The Morgan fingerprint density at radius 1 is 1.50 bits per heavy atom. The molecule has 0 aliphatic rings. The van der Waals surface area contributed by atoms with Gasteiger partial charge in [-0.2, -0.15) is 0 Å². The van der Waals surface area contributed by atoms with E-state index >= 15 is 0 Å². The predicted molar refractivity (Wildman–Crippen MR) is 53.9 cm³/mol. The van der Waals surface area contributed by atoms with Crippen molar-refractivity contribution < 1.29 is 4.74 Å². The van der Waals surface area contributed by atoms with Gasteiger partial charge >= 0.3 is 0 Å². The van der Waals surface area contributed by atoms with E-state index in [1.54, 1.807) is 7.11 Å². The molecule has 0 bridgehead atoms. The maximum Gasteiger partial charge on any atom is 0.0484 e. The van der Waals surface area contributed by atoms with E-state index in [1.807, 2.05) is 6.92 Å². The fraction of sp³-hybridized carbons (Fsp3) is 1.00. The predicted octanol–water partition coefficient (Wildman–Crippen LogP) is 2.02. The second-order valence-electron chi connectivity index (χ2n) is 3.61. The Morgan fingerprint density at radius 2 is 2.08 bits per heavy atom. The van der Waals surface area contributed by atoms with Crippen molar-refractivity contribution in [3.05, 3.63) is 0 Å². The molecule has 0 aromatic rings. The van der Waals surface area contributed by atoms with Crippen molar-refractivity contribution in [3.8, 4) is 0 Å². The largest absolute Gasteiger partial charge is 0.385 e. The standard InChI is InChI=1S/C9H20ClNO/c1-8(10)9(2,3)11-6-5-7-12-4/h8,11H,5-7H2,1-4H3. The van der Waals surface area contributed by atoms with E-state index in [-0.39, 0.29) is 10.9 Å². The summed E-state index contributed by atoms with van der Waals surface area (Å²) in [6, 6.07) is 0. The highest BCUT2D eigenvalue weighted by Gasteiger charge is 2.22. The highest BCUT2D eigenvalue weighted by molar-refractivity contribution is 6.21. The molecule has 0 aliphatic heterocycles. The van der Waals surface area contributed by atoms with E-state index in [2.05, 4.69) is 19.2 Å². The number of halogens is 1. The van der Waals surface area contributed by atoms with Crippen LogP contribution in [0, 0.1) is 0 Å². The van der Waals surface area contributed by atoms with Crippen molar-refractivity contribution in [2.75, 3.05) is 20.3 Å². The number of hydrogen-bond donors (Lipinski definition) is 1. The number of nitrogens with one attached hydrogen (secondary N) is 1. The third-order valence-electron chi connectivity index (χ3n) is 2.10. The zero-order chi connectivity index (χ0) is 9.61. The minimum absolute atomic E-state index is 0.00922. The molecule has 0 amide bonds. The average Bonchev–Trinajstić information content (AvgIpc) is 1.98. The molecule has 0 rings (SSSR count). The van der Waals surface area contributed by atoms with Crippen molar-refractivity contribution in [2.45, 2.75) is 38.1 Å². The number of alkyl halides is 1. The van der Waals surface area contributed by atoms with Crippen LogP contribution in [0.5, 0.6) is 0 Å². The summed E-state index contributed by atoms with van der Waals surface area (Å²) in [5.41, 5.74) is 0.00922. The minimum Gasteiger partial charge on any atom is -0.385 e. The van der Waals surface area contributed by atoms with E-state index < -0.39 is 0 Å². The molecule has 1 unspecified atom stereocenters. The lowest BCUT2D eigenvalue weighted by molar-refractivity contribution is 0.190. The fourth-order valence-electron chi connectivity index (χ4n) is 0.768. The second-order valence-corrected chi connectivity index (χ2v) is 4.27. The Balaban J connectivity index is 3.47. The molecule has 2 nitrogen and oxygen atoms in total. The summed E-state index contributed by atoms with van der Waals surface area (Å²) in [7, 11) is 1.72. The topological polar surface area (TPSA) is 21.3 Å². The van der Waals surface area contributed by atoms with Crippen LogP contribution in [0.4, 0.5) is 0 Å². The van der Waals surface area contributed by atoms with Crippen molar-refractivity contribution in [1.82, 2.24) is 5.32 Å². The van der Waals surface area contributed by atoms with Gasteiger partial charge in [-0.15, -0.1) is 11.6 Å². The Bertz CT molecular complexity index is 115. The first-order valence-electron chi connectivity index (χ1n) is 4.38. The Hall–Kier alpha value is 0.210. The van der Waals surface area contributed by atoms with Gasteiger partial charge in [-0.05, 0) is 33.7 Å². The van der Waals surface area contributed by atoms with E-state index in [1.165, 1.54) is 0 Å². The van der Waals surface area contributed by atoms with Gasteiger partial charge in [-0.3, -0.25) is 0 Å². The monoisotopic (exact) mass is 193 g/mol. The zero-order valence-electron chi connectivity index (χ0n) is 8.48. The van der Waals surface area contributed by atoms with Crippen molar-refractivity contribution in [3.63, 3.8) is 0 Å². The highest BCUT2D eigenvalue weighted by Crippen LogP contribution is 2.14. The molecule has 0 fully saturated rings. The van der Waals surface area contributed by atoms with Crippen LogP contribution in [0.1, 0.15) is 27.2 Å². The molecular formula is C9H20ClNO. The average molecular weight is 194 g/mol. The zero-order valence-corrected chi connectivity index (χ0v) is 9.24. The van der Waals surface area contributed by atoms with Crippen LogP contribution >= 0.6 is 11.6 Å². The lowest BCUT2D eigenvalue weighted by Gasteiger charge is -2.29. The van der Waals surface area contributed by atoms with Crippen molar-refractivity contribution >= 4 is 11.6 Å². The van der Waals surface area contributed by atoms with Gasteiger partial charge in [0.25, 0.3) is 0 Å². The van der Waals surface area contributed by atoms with Gasteiger partial charge in [0.15, 0.2) is 0 Å². The Labute approximate surface area is 80.6 Å². The van der Waals surface area contributed by atoms with Gasteiger partial charge in [0.1, 0.15) is 0 Å². The van der Waals surface area contributed by atoms with Gasteiger partial charge in [-0.1, -0.05) is 0 Å². The smallest absolute Gasteiger partial charge is 0.0484 e. The maximum absolute atomic E-state index is 5.99. The first-order valence-corrected chi connectivity index (χ1v) is 4.82. The molecule has 0 saturated heterocycles. The normalized spacial score (nSPS) is 14.8. The molecule has 0 heterocycles. The van der Waals surface area contributed by atoms with Crippen molar-refractivity contribution in [2.24, 2.45) is 0 Å². The van der Waals surface area contributed by atoms with E-state index in [4.69, 9.17) is 16.3 Å². The number of methoxy groups -OCH3 is 1. The third kappa shape index (κ3) is 4.96. The van der Waals surface area contributed by atoms with Gasteiger partial charge in [0.05, 0.1) is 0 Å². The molecule has 3 heteroatoms. The molecule has 0 aromatic carbocycles. The minimum atomic E-state index is 0.00922. The molecule has 0 aliphatic carbocycles. The van der Waals surface area contributed by atoms with E-state index in [0.29, 0.717) is 0 Å². The number of ether oxygens (including phenoxy) is 1. The summed E-state index contributed by atoms with van der Waals surface area (Å²) in [5.74, 6) is 0. The third-order valence-corrected chi connectivity index (χ3v) is 2.65. The van der Waals surface area contributed by atoms with Crippen LogP contribution < -0.4 is 5.32 Å². The fourth-order valence-corrected chi connectivity index (χ4v) is 0.845. The highest BCUT2D eigenvalue weighted by atomic mass is 35.5. The molecular weight excluding hydrogens is 174 g/mol. The van der Waals surface area contributed by atoms with Gasteiger partial charge in [-0.25, -0.2) is 0 Å². The first-order chi connectivity index (χ1) is 5.50. The van der Waals surface area contributed by atoms with Crippen LogP contribution in [0.2, 0.25) is 0 Å². The van der Waals surface area contributed by atoms with Crippen molar-refractivity contribution in [1.29, 1.82) is 0 Å². The SMILES string of the molecule is COCCCNC(C)(C)C(C)Cl. The second kappa shape index (κ2) is 5.79. The van der Waals surface area contributed by atoms with Crippen LogP contribution in [0.25, 0.3) is 0 Å². The summed E-state index contributed by atoms with van der Waals surface area (Å²) >= 11 is 5.99. The van der Waals surface area contributed by atoms with Gasteiger partial charge in [0, 0.05) is 24.6 Å². The molecule has 1 N–H and O–H groups in total. The summed E-state index contributed by atoms with van der Waals surface area (Å²) in [6.07, 6.45) is 1.03. The number of rotatable bonds is 6. The first kappa shape index (κ1) is 12.2. The molecule has 0 aromatic heterocycles. The molecule has 12 heavy (non-hydrogen) atoms. The van der Waals surface area contributed by atoms with E-state index in [0.717, 1.165) is 19.6 Å². The van der Waals surface area contributed by atoms with Crippen LogP contribution in [-0.4, -0.2) is 31.2 Å². The Kier molecular flexibility index (Phi) is 5.89. The quantitative estimate of drug-likeness (QED) is 0.515. The van der Waals surface area contributed by atoms with Gasteiger partial charge < -0.3 is 10.1 Å². The van der Waals surface area contributed by atoms with Crippen LogP contribution in [0.15, 0.2) is 0 Å². The summed E-state index contributed by atoms with van der Waals surface area (Å²) in [4.78, 5) is 0. The van der Waals surface area contributed by atoms with Crippen LogP contribution in [0.3, 0.4) is 0 Å². The lowest BCUT2D eigenvalue weighted by atomic mass is 10.0.